The molecule has 0 bridgehead atoms. The van der Waals surface area contributed by atoms with Gasteiger partial charge >= 0.3 is 0 Å². The molecule has 3 aromatic rings. The van der Waals surface area contributed by atoms with Crippen LogP contribution in [0, 0.1) is 31.1 Å². The highest BCUT2D eigenvalue weighted by molar-refractivity contribution is 5.94. The summed E-state index contributed by atoms with van der Waals surface area (Å²) in [5.41, 5.74) is 19.3. The summed E-state index contributed by atoms with van der Waals surface area (Å²) in [7, 11) is 0. The van der Waals surface area contributed by atoms with E-state index in [1.807, 2.05) is 0 Å². The lowest BCUT2D eigenvalue weighted by atomic mass is 9.57. The SMILES string of the molecule is C=C(C)Cc1c(C)cc2c(c1-c1ccc(C)cc1)CC(c1ccc3c(c1)C(C1CCC(C4(C)CCC4)CC1)=CC3C)=C2. The van der Waals surface area contributed by atoms with Gasteiger partial charge in [-0.1, -0.05) is 92.6 Å². The fourth-order valence-electron chi connectivity index (χ4n) is 8.92. The Morgan fingerprint density at radius 1 is 0.929 bits per heavy atom. The molecule has 0 amide bonds. The Labute approximate surface area is 254 Å². The molecule has 1 unspecified atom stereocenters. The summed E-state index contributed by atoms with van der Waals surface area (Å²) in [6.07, 6.45) is 17.0. The van der Waals surface area contributed by atoms with Crippen molar-refractivity contribution in [3.05, 3.63) is 111 Å². The third-order valence-corrected chi connectivity index (χ3v) is 11.6. The van der Waals surface area contributed by atoms with Crippen molar-refractivity contribution in [2.24, 2.45) is 17.3 Å². The molecule has 7 rings (SSSR count). The monoisotopic (exact) mass is 552 g/mol. The van der Waals surface area contributed by atoms with Gasteiger partial charge in [0.2, 0.25) is 0 Å². The molecule has 0 aromatic heterocycles. The van der Waals surface area contributed by atoms with Gasteiger partial charge in [-0.3, -0.25) is 0 Å². The van der Waals surface area contributed by atoms with Gasteiger partial charge in [-0.25, -0.2) is 0 Å². The summed E-state index contributed by atoms with van der Waals surface area (Å²) in [6.45, 7) is 15.9. The second-order valence-electron chi connectivity index (χ2n) is 14.7. The van der Waals surface area contributed by atoms with Crippen LogP contribution in [0.5, 0.6) is 0 Å². The van der Waals surface area contributed by atoms with Gasteiger partial charge in [0.1, 0.15) is 0 Å². The molecule has 42 heavy (non-hydrogen) atoms. The van der Waals surface area contributed by atoms with Crippen LogP contribution in [0.2, 0.25) is 0 Å². The van der Waals surface area contributed by atoms with Gasteiger partial charge in [0.25, 0.3) is 0 Å². The maximum Gasteiger partial charge on any atom is 0.000174 e. The fourth-order valence-corrected chi connectivity index (χ4v) is 8.92. The van der Waals surface area contributed by atoms with E-state index < -0.39 is 0 Å². The van der Waals surface area contributed by atoms with Crippen LogP contribution in [0.15, 0.2) is 66.8 Å². The first-order valence-electron chi connectivity index (χ1n) is 16.6. The third kappa shape index (κ3) is 4.76. The fraction of sp³-hybridized carbons (Fsp3) is 0.429. The Morgan fingerprint density at radius 3 is 2.31 bits per heavy atom. The van der Waals surface area contributed by atoms with Gasteiger partial charge in [0.15, 0.2) is 0 Å². The van der Waals surface area contributed by atoms with Crippen molar-refractivity contribution in [1.82, 2.24) is 0 Å². The summed E-state index contributed by atoms with van der Waals surface area (Å²) in [5.74, 6) is 2.22. The highest BCUT2D eigenvalue weighted by atomic mass is 14.5. The van der Waals surface area contributed by atoms with Crippen LogP contribution in [-0.2, 0) is 12.8 Å². The van der Waals surface area contributed by atoms with E-state index in [2.05, 4.69) is 102 Å². The number of rotatable bonds is 6. The second-order valence-corrected chi connectivity index (χ2v) is 14.7. The van der Waals surface area contributed by atoms with Gasteiger partial charge in [-0.15, -0.1) is 0 Å². The van der Waals surface area contributed by atoms with Crippen LogP contribution in [0.1, 0.15) is 116 Å². The number of allylic oxidation sites excluding steroid dienone is 4. The Balaban J connectivity index is 1.19. The average Bonchev–Trinajstić information content (AvgIpc) is 3.53. The van der Waals surface area contributed by atoms with E-state index >= 15 is 0 Å². The second kappa shape index (κ2) is 10.6. The van der Waals surface area contributed by atoms with E-state index in [0.717, 1.165) is 24.7 Å². The van der Waals surface area contributed by atoms with Gasteiger partial charge in [-0.05, 0) is 157 Å². The summed E-state index contributed by atoms with van der Waals surface area (Å²) in [4.78, 5) is 0. The molecule has 4 aliphatic carbocycles. The topological polar surface area (TPSA) is 0 Å². The van der Waals surface area contributed by atoms with E-state index in [1.54, 1.807) is 11.1 Å². The first-order chi connectivity index (χ1) is 20.2. The predicted molar refractivity (Wildman–Crippen MR) is 182 cm³/mol. The normalized spacial score (nSPS) is 24.0. The summed E-state index contributed by atoms with van der Waals surface area (Å²) in [6, 6.07) is 19.0. The van der Waals surface area contributed by atoms with E-state index in [-0.39, 0.29) is 0 Å². The van der Waals surface area contributed by atoms with Crippen molar-refractivity contribution >= 4 is 17.2 Å². The number of benzene rings is 3. The zero-order chi connectivity index (χ0) is 29.2. The van der Waals surface area contributed by atoms with E-state index in [0.29, 0.717) is 11.3 Å². The molecule has 0 heterocycles. The van der Waals surface area contributed by atoms with Crippen molar-refractivity contribution in [1.29, 1.82) is 0 Å². The van der Waals surface area contributed by atoms with Crippen molar-refractivity contribution in [2.75, 3.05) is 0 Å². The molecule has 216 valence electrons. The van der Waals surface area contributed by atoms with Gasteiger partial charge < -0.3 is 0 Å². The largest absolute Gasteiger partial charge is 0.0998 e. The average molecular weight is 553 g/mol. The standard InChI is InChI=1S/C42H48/c1-26(2)20-37-28(4)21-34-23-33(25-39(34)41(37)31-10-8-27(3)9-11-31)32-14-17-36-29(5)22-38(40(36)24-32)30-12-15-35(16-13-30)42(6)18-7-19-42/h8-11,14,17,21-24,29-30,35H,1,7,12-13,15-16,18-20,25H2,2-6H3. The van der Waals surface area contributed by atoms with Crippen molar-refractivity contribution < 1.29 is 0 Å². The summed E-state index contributed by atoms with van der Waals surface area (Å²) >= 11 is 0. The molecule has 2 fully saturated rings. The van der Waals surface area contributed by atoms with Crippen LogP contribution in [-0.4, -0.2) is 0 Å². The zero-order valence-electron chi connectivity index (χ0n) is 26.6. The first-order valence-corrected chi connectivity index (χ1v) is 16.6. The van der Waals surface area contributed by atoms with E-state index in [4.69, 9.17) is 0 Å². The molecule has 0 radical (unpaired) electrons. The Bertz CT molecular complexity index is 1610. The minimum atomic E-state index is 0.529. The van der Waals surface area contributed by atoms with Crippen LogP contribution in [0.25, 0.3) is 28.3 Å². The van der Waals surface area contributed by atoms with Crippen LogP contribution < -0.4 is 0 Å². The van der Waals surface area contributed by atoms with Crippen molar-refractivity contribution in [3.63, 3.8) is 0 Å². The lowest BCUT2D eigenvalue weighted by Gasteiger charge is -2.48. The molecular weight excluding hydrogens is 504 g/mol. The first kappa shape index (κ1) is 27.7. The smallest absolute Gasteiger partial charge is 0.000174 e. The number of fused-ring (bicyclic) bond motifs is 2. The molecule has 0 nitrogen and oxygen atoms in total. The molecule has 0 heteroatoms. The molecule has 1 atom stereocenters. The molecule has 0 saturated heterocycles. The molecule has 0 aliphatic heterocycles. The van der Waals surface area contributed by atoms with Crippen LogP contribution in [0.3, 0.4) is 0 Å². The highest BCUT2D eigenvalue weighted by Crippen LogP contribution is 2.54. The highest BCUT2D eigenvalue weighted by Gasteiger charge is 2.42. The van der Waals surface area contributed by atoms with Crippen molar-refractivity contribution in [2.45, 2.75) is 98.3 Å². The van der Waals surface area contributed by atoms with Gasteiger partial charge in [-0.2, -0.15) is 0 Å². The minimum Gasteiger partial charge on any atom is -0.0998 e. The Morgan fingerprint density at radius 2 is 1.64 bits per heavy atom. The third-order valence-electron chi connectivity index (χ3n) is 11.6. The maximum absolute atomic E-state index is 4.29. The van der Waals surface area contributed by atoms with Gasteiger partial charge in [0, 0.05) is 5.92 Å². The predicted octanol–water partition coefficient (Wildman–Crippen LogP) is 11.7. The number of hydrogen-bond acceptors (Lipinski definition) is 0. The quantitative estimate of drug-likeness (QED) is 0.267. The van der Waals surface area contributed by atoms with E-state index in [1.165, 1.54) is 106 Å². The lowest BCUT2D eigenvalue weighted by molar-refractivity contribution is 0.0409. The summed E-state index contributed by atoms with van der Waals surface area (Å²) in [5, 5.41) is 0. The molecule has 4 aliphatic rings. The maximum atomic E-state index is 4.29. The Hall–Kier alpha value is -3.12. The number of hydrogen-bond donors (Lipinski definition) is 0. The molecular formula is C42H48. The van der Waals surface area contributed by atoms with E-state index in [9.17, 15) is 0 Å². The molecule has 0 spiro atoms. The molecule has 0 N–H and O–H groups in total. The van der Waals surface area contributed by atoms with Crippen LogP contribution in [0.4, 0.5) is 0 Å². The van der Waals surface area contributed by atoms with Crippen molar-refractivity contribution in [3.8, 4) is 11.1 Å². The Kier molecular flexibility index (Phi) is 6.96. The minimum absolute atomic E-state index is 0.529. The lowest BCUT2D eigenvalue weighted by Crippen LogP contribution is -2.36. The number of aryl methyl sites for hydroxylation is 2. The molecule has 2 saturated carbocycles. The van der Waals surface area contributed by atoms with Crippen LogP contribution >= 0.6 is 0 Å². The van der Waals surface area contributed by atoms with Gasteiger partial charge in [0.05, 0.1) is 0 Å². The zero-order valence-corrected chi connectivity index (χ0v) is 26.6. The molecule has 3 aromatic carbocycles. The summed E-state index contributed by atoms with van der Waals surface area (Å²) < 4.78 is 0.